The molecule has 1 aromatic heterocycles. The molecule has 2 atom stereocenters. The highest BCUT2D eigenvalue weighted by Crippen LogP contribution is 2.50. The monoisotopic (exact) mass is 307 g/mol. The van der Waals surface area contributed by atoms with Crippen LogP contribution in [-0.4, -0.2) is 47.8 Å². The van der Waals surface area contributed by atoms with Gasteiger partial charge in [0.05, 0.1) is 18.5 Å². The molecule has 5 nitrogen and oxygen atoms in total. The van der Waals surface area contributed by atoms with Crippen LogP contribution in [0, 0.1) is 5.41 Å². The third-order valence-corrected chi connectivity index (χ3v) is 5.32. The molecule has 1 saturated carbocycles. The minimum absolute atomic E-state index is 0.117. The first-order chi connectivity index (χ1) is 10.7. The molecule has 5 heteroatoms. The van der Waals surface area contributed by atoms with Crippen LogP contribution in [-0.2, 0) is 16.0 Å². The SMILES string of the molecule is CCOC1CC(O)C12CCN(C(=O)CCc1ccco1)CC2. The van der Waals surface area contributed by atoms with Gasteiger partial charge in [-0.1, -0.05) is 0 Å². The number of rotatable bonds is 5. The molecule has 2 aliphatic rings. The van der Waals surface area contributed by atoms with E-state index in [4.69, 9.17) is 9.15 Å². The van der Waals surface area contributed by atoms with Gasteiger partial charge in [-0.2, -0.15) is 0 Å². The van der Waals surface area contributed by atoms with Crippen molar-refractivity contribution in [2.75, 3.05) is 19.7 Å². The second kappa shape index (κ2) is 6.42. The molecular formula is C17H25NO4. The predicted molar refractivity (Wildman–Crippen MR) is 81.3 cm³/mol. The number of furan rings is 1. The van der Waals surface area contributed by atoms with E-state index in [1.54, 1.807) is 6.26 Å². The number of hydrogen-bond acceptors (Lipinski definition) is 4. The number of aryl methyl sites for hydroxylation is 1. The molecule has 1 spiro atoms. The first-order valence-corrected chi connectivity index (χ1v) is 8.25. The number of aliphatic hydroxyl groups is 1. The van der Waals surface area contributed by atoms with E-state index in [9.17, 15) is 9.90 Å². The third kappa shape index (κ3) is 2.79. The van der Waals surface area contributed by atoms with Gasteiger partial charge in [0.2, 0.25) is 5.91 Å². The summed E-state index contributed by atoms with van der Waals surface area (Å²) in [5.41, 5.74) is -0.117. The molecule has 0 bridgehead atoms. The van der Waals surface area contributed by atoms with Crippen LogP contribution in [0.15, 0.2) is 22.8 Å². The lowest BCUT2D eigenvalue weighted by atomic mass is 9.58. The summed E-state index contributed by atoms with van der Waals surface area (Å²) in [6, 6.07) is 3.74. The number of likely N-dealkylation sites (tertiary alicyclic amines) is 1. The second-order valence-corrected chi connectivity index (χ2v) is 6.39. The standard InChI is InChI=1S/C17H25NO4/c1-2-21-15-12-14(19)17(15)7-9-18(10-8-17)16(20)6-5-13-4-3-11-22-13/h3-4,11,14-15,19H,2,5-10,12H2,1H3. The van der Waals surface area contributed by atoms with Crippen molar-refractivity contribution in [2.45, 2.75) is 51.2 Å². The first-order valence-electron chi connectivity index (χ1n) is 8.25. The zero-order valence-corrected chi connectivity index (χ0v) is 13.2. The van der Waals surface area contributed by atoms with Crippen LogP contribution in [0.4, 0.5) is 0 Å². The van der Waals surface area contributed by atoms with Gasteiger partial charge in [0.1, 0.15) is 5.76 Å². The topological polar surface area (TPSA) is 62.9 Å². The van der Waals surface area contributed by atoms with Crippen LogP contribution in [0.25, 0.3) is 0 Å². The van der Waals surface area contributed by atoms with Crippen LogP contribution in [0.1, 0.15) is 38.4 Å². The van der Waals surface area contributed by atoms with E-state index in [0.29, 0.717) is 19.4 Å². The second-order valence-electron chi connectivity index (χ2n) is 6.39. The van der Waals surface area contributed by atoms with Gasteiger partial charge in [0, 0.05) is 44.4 Å². The Morgan fingerprint density at radius 1 is 1.50 bits per heavy atom. The van der Waals surface area contributed by atoms with Gasteiger partial charge in [-0.25, -0.2) is 0 Å². The van der Waals surface area contributed by atoms with Gasteiger partial charge in [-0.05, 0) is 31.9 Å². The zero-order chi connectivity index (χ0) is 15.6. The van der Waals surface area contributed by atoms with Crippen molar-refractivity contribution in [3.8, 4) is 0 Å². The summed E-state index contributed by atoms with van der Waals surface area (Å²) >= 11 is 0. The molecular weight excluding hydrogens is 282 g/mol. The minimum Gasteiger partial charge on any atom is -0.469 e. The Morgan fingerprint density at radius 2 is 2.27 bits per heavy atom. The molecule has 1 aromatic rings. The number of hydrogen-bond donors (Lipinski definition) is 1. The van der Waals surface area contributed by atoms with E-state index < -0.39 is 0 Å². The lowest BCUT2D eigenvalue weighted by Gasteiger charge is -2.56. The molecule has 1 saturated heterocycles. The average Bonchev–Trinajstić information content (AvgIpc) is 3.06. The van der Waals surface area contributed by atoms with E-state index >= 15 is 0 Å². The molecule has 0 radical (unpaired) electrons. The third-order valence-electron chi connectivity index (χ3n) is 5.32. The van der Waals surface area contributed by atoms with Crippen molar-refractivity contribution >= 4 is 5.91 Å². The molecule has 0 aromatic carbocycles. The van der Waals surface area contributed by atoms with Crippen LogP contribution in [0.2, 0.25) is 0 Å². The molecule has 2 heterocycles. The molecule has 122 valence electrons. The lowest BCUT2D eigenvalue weighted by molar-refractivity contribution is -0.210. The Bertz CT molecular complexity index is 489. The smallest absolute Gasteiger partial charge is 0.223 e. The summed E-state index contributed by atoms with van der Waals surface area (Å²) < 4.78 is 11.0. The summed E-state index contributed by atoms with van der Waals surface area (Å²) in [7, 11) is 0. The number of carbonyl (C=O) groups excluding carboxylic acids is 1. The van der Waals surface area contributed by atoms with E-state index in [1.807, 2.05) is 24.0 Å². The predicted octanol–water partition coefficient (Wildman–Crippen LogP) is 1.99. The fourth-order valence-corrected chi connectivity index (χ4v) is 3.83. The highest BCUT2D eigenvalue weighted by molar-refractivity contribution is 5.76. The van der Waals surface area contributed by atoms with Gasteiger partial charge in [-0.3, -0.25) is 4.79 Å². The summed E-state index contributed by atoms with van der Waals surface area (Å²) in [5, 5.41) is 10.2. The molecule has 1 aliphatic carbocycles. The first kappa shape index (κ1) is 15.6. The Balaban J connectivity index is 1.49. The Hall–Kier alpha value is -1.33. The van der Waals surface area contributed by atoms with Crippen LogP contribution >= 0.6 is 0 Å². The normalized spacial score (nSPS) is 26.9. The molecule has 1 aliphatic heterocycles. The molecule has 22 heavy (non-hydrogen) atoms. The van der Waals surface area contributed by atoms with Gasteiger partial charge < -0.3 is 19.2 Å². The summed E-state index contributed by atoms with van der Waals surface area (Å²) in [6.45, 7) is 4.12. The van der Waals surface area contributed by atoms with Crippen molar-refractivity contribution in [2.24, 2.45) is 5.41 Å². The lowest BCUT2D eigenvalue weighted by Crippen LogP contribution is -2.62. The van der Waals surface area contributed by atoms with E-state index in [1.165, 1.54) is 0 Å². The summed E-state index contributed by atoms with van der Waals surface area (Å²) in [6.07, 6.45) is 5.07. The van der Waals surface area contributed by atoms with Crippen molar-refractivity contribution < 1.29 is 19.1 Å². The fraction of sp³-hybridized carbons (Fsp3) is 0.706. The number of ether oxygens (including phenoxy) is 1. The van der Waals surface area contributed by atoms with Crippen molar-refractivity contribution in [1.82, 2.24) is 4.90 Å². The maximum absolute atomic E-state index is 12.3. The van der Waals surface area contributed by atoms with Crippen LogP contribution in [0.5, 0.6) is 0 Å². The summed E-state index contributed by atoms with van der Waals surface area (Å²) in [4.78, 5) is 14.2. The quantitative estimate of drug-likeness (QED) is 0.903. The fourth-order valence-electron chi connectivity index (χ4n) is 3.83. The zero-order valence-electron chi connectivity index (χ0n) is 13.2. The number of aliphatic hydroxyl groups excluding tert-OH is 1. The largest absolute Gasteiger partial charge is 0.469 e. The number of amides is 1. The minimum atomic E-state index is -0.274. The number of carbonyl (C=O) groups is 1. The van der Waals surface area contributed by atoms with Crippen molar-refractivity contribution in [3.05, 3.63) is 24.2 Å². The van der Waals surface area contributed by atoms with Crippen molar-refractivity contribution in [1.29, 1.82) is 0 Å². The maximum atomic E-state index is 12.3. The van der Waals surface area contributed by atoms with Gasteiger partial charge >= 0.3 is 0 Å². The van der Waals surface area contributed by atoms with E-state index in [2.05, 4.69) is 0 Å². The van der Waals surface area contributed by atoms with E-state index in [0.717, 1.165) is 38.1 Å². The highest BCUT2D eigenvalue weighted by Gasteiger charge is 2.56. The van der Waals surface area contributed by atoms with Crippen LogP contribution < -0.4 is 0 Å². The van der Waals surface area contributed by atoms with Gasteiger partial charge in [0.25, 0.3) is 0 Å². The molecule has 2 unspecified atom stereocenters. The average molecular weight is 307 g/mol. The summed E-state index contributed by atoms with van der Waals surface area (Å²) in [5.74, 6) is 1.03. The van der Waals surface area contributed by atoms with Crippen molar-refractivity contribution in [3.63, 3.8) is 0 Å². The number of nitrogens with zero attached hydrogens (tertiary/aromatic N) is 1. The van der Waals surface area contributed by atoms with Crippen LogP contribution in [0.3, 0.4) is 0 Å². The molecule has 3 rings (SSSR count). The maximum Gasteiger partial charge on any atom is 0.223 e. The molecule has 2 fully saturated rings. The Kier molecular flexibility index (Phi) is 4.54. The Labute approximate surface area is 131 Å². The van der Waals surface area contributed by atoms with Gasteiger partial charge in [0.15, 0.2) is 0 Å². The molecule has 1 amide bonds. The van der Waals surface area contributed by atoms with E-state index in [-0.39, 0.29) is 23.5 Å². The highest BCUT2D eigenvalue weighted by atomic mass is 16.5. The number of piperidine rings is 1. The van der Waals surface area contributed by atoms with Gasteiger partial charge in [-0.15, -0.1) is 0 Å². The Morgan fingerprint density at radius 3 is 2.86 bits per heavy atom. The molecule has 1 N–H and O–H groups in total.